The molecule has 9 heteroatoms. The van der Waals surface area contributed by atoms with E-state index >= 15 is 0 Å². The quantitative estimate of drug-likeness (QED) is 0.923. The molecule has 0 aliphatic rings. The molecule has 0 bridgehead atoms. The fourth-order valence-electron chi connectivity index (χ4n) is 1.40. The van der Waals surface area contributed by atoms with Gasteiger partial charge in [-0.1, -0.05) is 6.07 Å². The van der Waals surface area contributed by atoms with Crippen molar-refractivity contribution in [1.82, 2.24) is 15.0 Å². The first-order chi connectivity index (χ1) is 9.37. The second kappa shape index (κ2) is 5.11. The molecule has 104 valence electrons. The van der Waals surface area contributed by atoms with Crippen molar-refractivity contribution >= 4 is 5.91 Å². The highest BCUT2D eigenvalue weighted by molar-refractivity contribution is 5.96. The van der Waals surface area contributed by atoms with Gasteiger partial charge in [-0.05, 0) is 12.1 Å². The molecule has 6 nitrogen and oxygen atoms in total. The van der Waals surface area contributed by atoms with E-state index in [-0.39, 0.29) is 17.1 Å². The van der Waals surface area contributed by atoms with Gasteiger partial charge in [-0.15, -0.1) is 13.2 Å². The summed E-state index contributed by atoms with van der Waals surface area (Å²) in [5.74, 6) is -1.74. The maximum Gasteiger partial charge on any atom is 0.574 e. The Morgan fingerprint density at radius 2 is 2.00 bits per heavy atom. The number of nitrogens with zero attached hydrogens (tertiary/aromatic N) is 3. The van der Waals surface area contributed by atoms with Crippen molar-refractivity contribution in [3.8, 4) is 17.3 Å². The van der Waals surface area contributed by atoms with Gasteiger partial charge < -0.3 is 10.5 Å². The van der Waals surface area contributed by atoms with Crippen LogP contribution in [0.15, 0.2) is 30.6 Å². The number of hydrogen-bond donors (Lipinski definition) is 1. The number of rotatable bonds is 3. The van der Waals surface area contributed by atoms with E-state index in [9.17, 15) is 18.0 Å². The van der Waals surface area contributed by atoms with Gasteiger partial charge in [0, 0.05) is 6.20 Å². The van der Waals surface area contributed by atoms with Gasteiger partial charge in [0.05, 0.1) is 11.9 Å². The molecule has 0 atom stereocenters. The summed E-state index contributed by atoms with van der Waals surface area (Å²) in [5.41, 5.74) is 4.78. The smallest absolute Gasteiger partial charge is 0.386 e. The number of carbonyl (C=O) groups excluding carboxylic acids is 1. The van der Waals surface area contributed by atoms with Gasteiger partial charge in [-0.2, -0.15) is 0 Å². The van der Waals surface area contributed by atoms with Crippen LogP contribution in [0.1, 0.15) is 10.5 Å². The Balaban J connectivity index is 2.51. The molecule has 0 aliphatic heterocycles. The lowest BCUT2D eigenvalue weighted by molar-refractivity contribution is -0.276. The molecule has 0 radical (unpaired) electrons. The molecule has 0 saturated heterocycles. The summed E-state index contributed by atoms with van der Waals surface area (Å²) >= 11 is 0. The first-order valence-corrected chi connectivity index (χ1v) is 5.21. The molecule has 0 spiro atoms. The minimum absolute atomic E-state index is 0.154. The lowest BCUT2D eigenvalue weighted by Crippen LogP contribution is -2.20. The number of alkyl halides is 3. The fraction of sp³-hybridized carbons (Fsp3) is 0.0909. The molecule has 0 saturated carbocycles. The van der Waals surface area contributed by atoms with Crippen LogP contribution in [0.4, 0.5) is 13.2 Å². The summed E-state index contributed by atoms with van der Waals surface area (Å²) in [4.78, 5) is 22.2. The lowest BCUT2D eigenvalue weighted by Gasteiger charge is -2.10. The molecule has 0 unspecified atom stereocenters. The minimum Gasteiger partial charge on any atom is -0.386 e. The van der Waals surface area contributed by atoms with Gasteiger partial charge in [0.15, 0.2) is 5.69 Å². The Bertz CT molecular complexity index is 631. The van der Waals surface area contributed by atoms with Crippen molar-refractivity contribution in [2.24, 2.45) is 5.73 Å². The lowest BCUT2D eigenvalue weighted by atomic mass is 10.2. The Kier molecular flexibility index (Phi) is 3.51. The first-order valence-electron chi connectivity index (χ1n) is 5.21. The van der Waals surface area contributed by atoms with Crippen LogP contribution in [0.5, 0.6) is 5.88 Å². The van der Waals surface area contributed by atoms with Crippen molar-refractivity contribution in [2.75, 3.05) is 0 Å². The zero-order valence-electron chi connectivity index (χ0n) is 9.76. The van der Waals surface area contributed by atoms with Gasteiger partial charge in [0.2, 0.25) is 5.88 Å². The minimum atomic E-state index is -4.91. The van der Waals surface area contributed by atoms with Crippen LogP contribution >= 0.6 is 0 Å². The van der Waals surface area contributed by atoms with Gasteiger partial charge >= 0.3 is 6.36 Å². The number of primary amides is 1. The second-order valence-corrected chi connectivity index (χ2v) is 3.53. The molecule has 0 aromatic carbocycles. The van der Waals surface area contributed by atoms with Crippen LogP contribution in [0.2, 0.25) is 0 Å². The predicted octanol–water partition coefficient (Wildman–Crippen LogP) is 1.54. The monoisotopic (exact) mass is 284 g/mol. The number of ether oxygens (including phenoxy) is 1. The van der Waals surface area contributed by atoms with Gasteiger partial charge in [0.25, 0.3) is 5.91 Å². The van der Waals surface area contributed by atoms with Crippen LogP contribution in [0.25, 0.3) is 11.4 Å². The van der Waals surface area contributed by atoms with E-state index in [0.717, 1.165) is 0 Å². The standard InChI is InChI=1S/C11H7F3N4O2/c12-11(13,14)20-7-5-17-9(10(15)19)8(18-7)6-3-1-2-4-16-6/h1-5H,(H2,15,19). The van der Waals surface area contributed by atoms with Crippen molar-refractivity contribution < 1.29 is 22.7 Å². The van der Waals surface area contributed by atoms with Crippen LogP contribution in [0, 0.1) is 0 Å². The molecule has 2 aromatic rings. The number of pyridine rings is 1. The van der Waals surface area contributed by atoms with Gasteiger partial charge in [0.1, 0.15) is 5.69 Å². The molecule has 1 amide bonds. The topological polar surface area (TPSA) is 91.0 Å². The molecular weight excluding hydrogens is 277 g/mol. The Morgan fingerprint density at radius 1 is 1.25 bits per heavy atom. The maximum absolute atomic E-state index is 12.1. The van der Waals surface area contributed by atoms with Crippen molar-refractivity contribution in [3.63, 3.8) is 0 Å². The molecule has 2 rings (SSSR count). The SMILES string of the molecule is NC(=O)c1ncc(OC(F)(F)F)nc1-c1ccccn1. The Hall–Kier alpha value is -2.71. The number of aromatic nitrogens is 3. The van der Waals surface area contributed by atoms with E-state index in [2.05, 4.69) is 19.7 Å². The molecule has 2 aromatic heterocycles. The van der Waals surface area contributed by atoms with Crippen molar-refractivity contribution in [3.05, 3.63) is 36.3 Å². The van der Waals surface area contributed by atoms with Crippen molar-refractivity contribution in [2.45, 2.75) is 6.36 Å². The fourth-order valence-corrected chi connectivity index (χ4v) is 1.40. The predicted molar refractivity (Wildman–Crippen MR) is 60.5 cm³/mol. The molecule has 2 N–H and O–H groups in total. The van der Waals surface area contributed by atoms with E-state index in [1.54, 1.807) is 12.1 Å². The van der Waals surface area contributed by atoms with Gasteiger partial charge in [-0.25, -0.2) is 9.97 Å². The molecule has 0 fully saturated rings. The second-order valence-electron chi connectivity index (χ2n) is 3.53. The van der Waals surface area contributed by atoms with E-state index in [0.29, 0.717) is 6.20 Å². The Morgan fingerprint density at radius 3 is 2.55 bits per heavy atom. The molecule has 2 heterocycles. The summed E-state index contributed by atoms with van der Waals surface area (Å²) in [5, 5.41) is 0. The number of carbonyl (C=O) groups is 1. The summed E-state index contributed by atoms with van der Waals surface area (Å²) in [6, 6.07) is 4.62. The zero-order chi connectivity index (χ0) is 14.8. The summed E-state index contributed by atoms with van der Waals surface area (Å²) in [6.45, 7) is 0. The maximum atomic E-state index is 12.1. The van der Waals surface area contributed by atoms with E-state index < -0.39 is 18.1 Å². The third-order valence-corrected chi connectivity index (χ3v) is 2.11. The molecule has 20 heavy (non-hydrogen) atoms. The van der Waals surface area contributed by atoms with Crippen molar-refractivity contribution in [1.29, 1.82) is 0 Å². The van der Waals surface area contributed by atoms with E-state index in [1.165, 1.54) is 12.3 Å². The molecular formula is C11H7F3N4O2. The third-order valence-electron chi connectivity index (χ3n) is 2.11. The van der Waals surface area contributed by atoms with Crippen LogP contribution < -0.4 is 10.5 Å². The highest BCUT2D eigenvalue weighted by Crippen LogP contribution is 2.24. The largest absolute Gasteiger partial charge is 0.574 e. The number of halogens is 3. The van der Waals surface area contributed by atoms with Crippen LogP contribution in [-0.2, 0) is 0 Å². The number of amides is 1. The van der Waals surface area contributed by atoms with Crippen LogP contribution in [0.3, 0.4) is 0 Å². The van der Waals surface area contributed by atoms with E-state index in [1.807, 2.05) is 0 Å². The third kappa shape index (κ3) is 3.19. The number of hydrogen-bond acceptors (Lipinski definition) is 5. The van der Waals surface area contributed by atoms with Crippen LogP contribution in [-0.4, -0.2) is 27.2 Å². The van der Waals surface area contributed by atoms with E-state index in [4.69, 9.17) is 5.73 Å². The average Bonchev–Trinajstić information content (AvgIpc) is 2.37. The zero-order valence-corrected chi connectivity index (χ0v) is 9.76. The average molecular weight is 284 g/mol. The van der Waals surface area contributed by atoms with Gasteiger partial charge in [-0.3, -0.25) is 9.78 Å². The normalized spacial score (nSPS) is 11.2. The first kappa shape index (κ1) is 13.7. The molecule has 0 aliphatic carbocycles. The number of nitrogens with two attached hydrogens (primary N) is 1. The highest BCUT2D eigenvalue weighted by Gasteiger charge is 2.32. The summed E-state index contributed by atoms with van der Waals surface area (Å²) in [6.07, 6.45) is -2.86. The Labute approximate surface area is 110 Å². The highest BCUT2D eigenvalue weighted by atomic mass is 19.4. The summed E-state index contributed by atoms with van der Waals surface area (Å²) < 4.78 is 40.1. The summed E-state index contributed by atoms with van der Waals surface area (Å²) in [7, 11) is 0.